The number of halogens is 1. The second-order valence-electron chi connectivity index (χ2n) is 7.66. The number of aromatic nitrogens is 2. The molecule has 1 aliphatic heterocycles. The van der Waals surface area contributed by atoms with Gasteiger partial charge in [-0.25, -0.2) is 0 Å². The molecule has 0 atom stereocenters. The van der Waals surface area contributed by atoms with Gasteiger partial charge < -0.3 is 14.9 Å². The minimum atomic E-state index is 0.643. The lowest BCUT2D eigenvalue weighted by Gasteiger charge is -2.32. The van der Waals surface area contributed by atoms with Crippen molar-refractivity contribution in [1.82, 2.24) is 14.9 Å². The molecular formula is C23H24ClN3. The Labute approximate surface area is 164 Å². The van der Waals surface area contributed by atoms with Crippen LogP contribution in [0.3, 0.4) is 0 Å². The number of hydrogen-bond donors (Lipinski definition) is 2. The zero-order valence-electron chi connectivity index (χ0n) is 15.3. The van der Waals surface area contributed by atoms with E-state index in [1.807, 2.05) is 12.1 Å². The highest BCUT2D eigenvalue weighted by Crippen LogP contribution is 2.34. The van der Waals surface area contributed by atoms with E-state index in [-0.39, 0.29) is 0 Å². The normalized spacial score (nSPS) is 16.5. The van der Waals surface area contributed by atoms with E-state index in [1.54, 1.807) is 0 Å². The summed E-state index contributed by atoms with van der Waals surface area (Å²) in [4.78, 5) is 9.40. The van der Waals surface area contributed by atoms with E-state index in [9.17, 15) is 0 Å². The van der Waals surface area contributed by atoms with Crippen LogP contribution in [0.4, 0.5) is 0 Å². The highest BCUT2D eigenvalue weighted by Gasteiger charge is 2.22. The van der Waals surface area contributed by atoms with Crippen molar-refractivity contribution < 1.29 is 0 Å². The number of nitrogens with zero attached hydrogens (tertiary/aromatic N) is 1. The van der Waals surface area contributed by atoms with Gasteiger partial charge in [-0.3, -0.25) is 0 Å². The lowest BCUT2D eigenvalue weighted by atomic mass is 9.89. The summed E-state index contributed by atoms with van der Waals surface area (Å²) in [6.07, 6.45) is 7.93. The highest BCUT2D eigenvalue weighted by molar-refractivity contribution is 6.31. The summed E-state index contributed by atoms with van der Waals surface area (Å²) in [5.74, 6) is 0.643. The van der Waals surface area contributed by atoms with Gasteiger partial charge in [0.1, 0.15) is 0 Å². The van der Waals surface area contributed by atoms with Crippen molar-refractivity contribution in [3.05, 3.63) is 71.0 Å². The molecule has 2 aromatic carbocycles. The largest absolute Gasteiger partial charge is 0.361 e. The van der Waals surface area contributed by atoms with Gasteiger partial charge in [0.05, 0.1) is 0 Å². The second kappa shape index (κ2) is 7.06. The van der Waals surface area contributed by atoms with Gasteiger partial charge in [-0.1, -0.05) is 35.9 Å². The fourth-order valence-corrected chi connectivity index (χ4v) is 4.72. The fourth-order valence-electron chi connectivity index (χ4n) is 4.54. The van der Waals surface area contributed by atoms with Gasteiger partial charge >= 0.3 is 0 Å². The Morgan fingerprint density at radius 2 is 1.74 bits per heavy atom. The van der Waals surface area contributed by atoms with Crippen molar-refractivity contribution in [2.75, 3.05) is 19.6 Å². The molecule has 1 fully saturated rings. The number of nitrogens with one attached hydrogen (secondary N) is 2. The van der Waals surface area contributed by atoms with Gasteiger partial charge in [0.15, 0.2) is 0 Å². The van der Waals surface area contributed by atoms with Crippen LogP contribution in [0.2, 0.25) is 5.02 Å². The van der Waals surface area contributed by atoms with Gasteiger partial charge in [-0.05, 0) is 67.6 Å². The van der Waals surface area contributed by atoms with Crippen LogP contribution in [-0.2, 0) is 6.42 Å². The lowest BCUT2D eigenvalue weighted by Crippen LogP contribution is -2.34. The van der Waals surface area contributed by atoms with Crippen molar-refractivity contribution in [1.29, 1.82) is 0 Å². The van der Waals surface area contributed by atoms with Crippen molar-refractivity contribution in [3.8, 4) is 0 Å². The van der Waals surface area contributed by atoms with Crippen molar-refractivity contribution in [2.45, 2.75) is 25.2 Å². The van der Waals surface area contributed by atoms with Crippen LogP contribution < -0.4 is 0 Å². The first-order valence-corrected chi connectivity index (χ1v) is 10.2. The number of rotatable bonds is 4. The third-order valence-electron chi connectivity index (χ3n) is 6.08. The van der Waals surface area contributed by atoms with Crippen LogP contribution in [0, 0.1) is 0 Å². The molecule has 3 heterocycles. The first-order chi connectivity index (χ1) is 13.3. The number of para-hydroxylation sites is 1. The van der Waals surface area contributed by atoms with Crippen molar-refractivity contribution in [3.63, 3.8) is 0 Å². The molecule has 1 aliphatic rings. The highest BCUT2D eigenvalue weighted by atomic mass is 35.5. The molecule has 0 unspecified atom stereocenters. The molecule has 4 heteroatoms. The van der Waals surface area contributed by atoms with Gasteiger partial charge in [0.25, 0.3) is 0 Å². The molecule has 5 rings (SSSR count). The van der Waals surface area contributed by atoms with Crippen LogP contribution >= 0.6 is 11.6 Å². The summed E-state index contributed by atoms with van der Waals surface area (Å²) in [6.45, 7) is 3.48. The average molecular weight is 378 g/mol. The van der Waals surface area contributed by atoms with E-state index >= 15 is 0 Å². The molecule has 3 nitrogen and oxygen atoms in total. The van der Waals surface area contributed by atoms with E-state index in [1.165, 1.54) is 53.3 Å². The van der Waals surface area contributed by atoms with Crippen molar-refractivity contribution >= 4 is 33.4 Å². The molecule has 138 valence electrons. The SMILES string of the molecule is Clc1ccc2c(C3CCN(CCc4c[nH]c5ccccc45)CC3)c[nH]c2c1. The minimum absolute atomic E-state index is 0.643. The standard InChI is InChI=1S/C23H24ClN3/c24-18-5-6-20-21(15-26-23(20)13-18)16-7-10-27(11-8-16)12-9-17-14-25-22-4-2-1-3-19(17)22/h1-6,13-16,25-26H,7-12H2. The zero-order valence-corrected chi connectivity index (χ0v) is 16.1. The number of hydrogen-bond acceptors (Lipinski definition) is 1. The summed E-state index contributed by atoms with van der Waals surface area (Å²) in [6, 6.07) is 14.8. The molecule has 0 saturated carbocycles. The molecule has 0 amide bonds. The maximum Gasteiger partial charge on any atom is 0.0471 e. The average Bonchev–Trinajstić information content (AvgIpc) is 3.30. The maximum atomic E-state index is 6.12. The Kier molecular flexibility index (Phi) is 4.42. The summed E-state index contributed by atoms with van der Waals surface area (Å²) < 4.78 is 0. The summed E-state index contributed by atoms with van der Waals surface area (Å²) in [5.41, 5.74) is 5.28. The molecule has 2 aromatic heterocycles. The third-order valence-corrected chi connectivity index (χ3v) is 6.31. The Hall–Kier alpha value is -2.23. The molecule has 0 bridgehead atoms. The third kappa shape index (κ3) is 3.26. The van der Waals surface area contributed by atoms with Gasteiger partial charge in [-0.2, -0.15) is 0 Å². The number of likely N-dealkylation sites (tertiary alicyclic amines) is 1. The lowest BCUT2D eigenvalue weighted by molar-refractivity contribution is 0.215. The number of piperidine rings is 1. The molecule has 27 heavy (non-hydrogen) atoms. The topological polar surface area (TPSA) is 34.8 Å². The van der Waals surface area contributed by atoms with Gasteiger partial charge in [0, 0.05) is 45.8 Å². The van der Waals surface area contributed by atoms with E-state index in [2.05, 4.69) is 57.6 Å². The molecule has 0 radical (unpaired) electrons. The van der Waals surface area contributed by atoms with Gasteiger partial charge in [-0.15, -0.1) is 0 Å². The van der Waals surface area contributed by atoms with Crippen molar-refractivity contribution in [2.24, 2.45) is 0 Å². The van der Waals surface area contributed by atoms with Crippen LogP contribution in [0.15, 0.2) is 54.9 Å². The quantitative estimate of drug-likeness (QED) is 0.468. The maximum absolute atomic E-state index is 6.12. The smallest absolute Gasteiger partial charge is 0.0471 e. The molecular weight excluding hydrogens is 354 g/mol. The number of H-pyrrole nitrogens is 2. The Bertz CT molecular complexity index is 1070. The Balaban J connectivity index is 1.22. The van der Waals surface area contributed by atoms with E-state index in [4.69, 9.17) is 11.6 Å². The first-order valence-electron chi connectivity index (χ1n) is 9.82. The summed E-state index contributed by atoms with van der Waals surface area (Å²) >= 11 is 6.12. The second-order valence-corrected chi connectivity index (χ2v) is 8.10. The summed E-state index contributed by atoms with van der Waals surface area (Å²) in [5, 5.41) is 3.49. The molecule has 1 saturated heterocycles. The monoisotopic (exact) mass is 377 g/mol. The number of fused-ring (bicyclic) bond motifs is 2. The zero-order chi connectivity index (χ0) is 18.2. The Morgan fingerprint density at radius 1 is 0.926 bits per heavy atom. The van der Waals surface area contributed by atoms with Crippen LogP contribution in [0.5, 0.6) is 0 Å². The van der Waals surface area contributed by atoms with Crippen LogP contribution in [0.1, 0.15) is 29.9 Å². The van der Waals surface area contributed by atoms with E-state index < -0.39 is 0 Å². The molecule has 0 spiro atoms. The minimum Gasteiger partial charge on any atom is -0.361 e. The molecule has 4 aromatic rings. The molecule has 2 N–H and O–H groups in total. The fraction of sp³-hybridized carbons (Fsp3) is 0.304. The Morgan fingerprint density at radius 3 is 2.63 bits per heavy atom. The van der Waals surface area contributed by atoms with Crippen LogP contribution in [0.25, 0.3) is 21.8 Å². The first kappa shape index (κ1) is 16.9. The molecule has 0 aliphatic carbocycles. The predicted molar refractivity (Wildman–Crippen MR) is 114 cm³/mol. The van der Waals surface area contributed by atoms with E-state index in [0.717, 1.165) is 23.5 Å². The van der Waals surface area contributed by atoms with Crippen LogP contribution in [-0.4, -0.2) is 34.5 Å². The van der Waals surface area contributed by atoms with E-state index in [0.29, 0.717) is 5.92 Å². The predicted octanol–water partition coefficient (Wildman–Crippen LogP) is 5.72. The van der Waals surface area contributed by atoms with Gasteiger partial charge in [0.2, 0.25) is 0 Å². The number of aromatic amines is 2. The summed E-state index contributed by atoms with van der Waals surface area (Å²) in [7, 11) is 0. The number of benzene rings is 2.